The zero-order chi connectivity index (χ0) is 11.1. The second kappa shape index (κ2) is 3.76. The molecule has 2 rings (SSSR count). The maximum absolute atomic E-state index is 14.0. The molecule has 0 unspecified atom stereocenters. The van der Waals surface area contributed by atoms with Gasteiger partial charge in [0.2, 0.25) is 0 Å². The van der Waals surface area contributed by atoms with Gasteiger partial charge >= 0.3 is 0 Å². The smallest absolute Gasteiger partial charge is 0.146 e. The maximum atomic E-state index is 14.0. The molecule has 4 heteroatoms. The number of ether oxygens (including phenoxy) is 1. The quantitative estimate of drug-likeness (QED) is 0.899. The third-order valence-electron chi connectivity index (χ3n) is 3.05. The summed E-state index contributed by atoms with van der Waals surface area (Å²) in [7, 11) is 1.51. The first-order chi connectivity index (χ1) is 7.08. The highest BCUT2D eigenvalue weighted by molar-refractivity contribution is 9.10. The standard InChI is InChI=1S/C11H13BrFNO/c1-15-8-4-3-7(10(13)9(8)12)11(14)5-2-6-11/h3-4H,2,5-6,14H2,1H3. The van der Waals surface area contributed by atoms with Crippen molar-refractivity contribution in [1.82, 2.24) is 0 Å². The van der Waals surface area contributed by atoms with E-state index < -0.39 is 5.54 Å². The Hall–Kier alpha value is -0.610. The molecule has 0 bridgehead atoms. The number of benzene rings is 1. The van der Waals surface area contributed by atoms with Gasteiger partial charge in [0.05, 0.1) is 11.6 Å². The van der Waals surface area contributed by atoms with E-state index >= 15 is 0 Å². The van der Waals surface area contributed by atoms with Gasteiger partial charge in [0.25, 0.3) is 0 Å². The topological polar surface area (TPSA) is 35.2 Å². The molecule has 1 saturated carbocycles. The van der Waals surface area contributed by atoms with Crippen molar-refractivity contribution in [3.8, 4) is 5.75 Å². The summed E-state index contributed by atoms with van der Waals surface area (Å²) in [5, 5.41) is 0. The van der Waals surface area contributed by atoms with Crippen LogP contribution >= 0.6 is 15.9 Å². The molecule has 1 aromatic carbocycles. The molecule has 2 N–H and O–H groups in total. The predicted molar refractivity (Wildman–Crippen MR) is 60.4 cm³/mol. The first-order valence-corrected chi connectivity index (χ1v) is 5.69. The number of hydrogen-bond acceptors (Lipinski definition) is 2. The normalized spacial score (nSPS) is 18.4. The summed E-state index contributed by atoms with van der Waals surface area (Å²) in [4.78, 5) is 0. The van der Waals surface area contributed by atoms with Crippen molar-refractivity contribution < 1.29 is 9.13 Å². The van der Waals surface area contributed by atoms with Gasteiger partial charge in [0.15, 0.2) is 0 Å². The van der Waals surface area contributed by atoms with E-state index in [0.717, 1.165) is 19.3 Å². The van der Waals surface area contributed by atoms with Crippen molar-refractivity contribution in [2.75, 3.05) is 7.11 Å². The van der Waals surface area contributed by atoms with Gasteiger partial charge in [-0.15, -0.1) is 0 Å². The monoisotopic (exact) mass is 273 g/mol. The van der Waals surface area contributed by atoms with Gasteiger partial charge in [-0.25, -0.2) is 4.39 Å². The van der Waals surface area contributed by atoms with Crippen molar-refractivity contribution in [1.29, 1.82) is 0 Å². The van der Waals surface area contributed by atoms with Gasteiger partial charge in [-0.05, 0) is 41.3 Å². The summed E-state index contributed by atoms with van der Waals surface area (Å²) < 4.78 is 19.3. The van der Waals surface area contributed by atoms with Crippen LogP contribution in [-0.4, -0.2) is 7.11 Å². The van der Waals surface area contributed by atoms with Crippen LogP contribution in [-0.2, 0) is 5.54 Å². The van der Waals surface area contributed by atoms with E-state index in [9.17, 15) is 4.39 Å². The molecule has 1 aromatic rings. The Morgan fingerprint density at radius 1 is 1.47 bits per heavy atom. The van der Waals surface area contributed by atoms with Gasteiger partial charge in [0.1, 0.15) is 11.6 Å². The lowest BCUT2D eigenvalue weighted by Gasteiger charge is -2.39. The first kappa shape index (κ1) is 10.9. The average molecular weight is 274 g/mol. The van der Waals surface area contributed by atoms with Crippen LogP contribution in [0.3, 0.4) is 0 Å². The second-order valence-electron chi connectivity index (χ2n) is 3.95. The molecule has 0 heterocycles. The summed E-state index contributed by atoms with van der Waals surface area (Å²) in [6.07, 6.45) is 2.77. The van der Waals surface area contributed by atoms with E-state index in [1.54, 1.807) is 12.1 Å². The molecule has 1 fully saturated rings. The number of nitrogens with two attached hydrogens (primary N) is 1. The Morgan fingerprint density at radius 2 is 2.13 bits per heavy atom. The highest BCUT2D eigenvalue weighted by Gasteiger charge is 2.37. The van der Waals surface area contributed by atoms with E-state index in [4.69, 9.17) is 10.5 Å². The van der Waals surface area contributed by atoms with Gasteiger partial charge in [-0.1, -0.05) is 6.07 Å². The number of hydrogen-bond donors (Lipinski definition) is 1. The molecule has 82 valence electrons. The van der Waals surface area contributed by atoms with Crippen LogP contribution in [0.4, 0.5) is 4.39 Å². The van der Waals surface area contributed by atoms with E-state index in [1.165, 1.54) is 7.11 Å². The van der Waals surface area contributed by atoms with Crippen molar-refractivity contribution in [3.05, 3.63) is 28.0 Å². The SMILES string of the molecule is COc1ccc(C2(N)CCC2)c(F)c1Br. The highest BCUT2D eigenvalue weighted by atomic mass is 79.9. The molecule has 0 radical (unpaired) electrons. The number of methoxy groups -OCH3 is 1. The molecular formula is C11H13BrFNO. The molecule has 1 aliphatic rings. The van der Waals surface area contributed by atoms with Gasteiger partial charge in [0, 0.05) is 11.1 Å². The molecule has 0 aliphatic heterocycles. The minimum atomic E-state index is -0.473. The lowest BCUT2D eigenvalue weighted by atomic mass is 9.72. The fourth-order valence-electron chi connectivity index (χ4n) is 1.90. The van der Waals surface area contributed by atoms with Gasteiger partial charge in [-0.3, -0.25) is 0 Å². The zero-order valence-corrected chi connectivity index (χ0v) is 10.1. The van der Waals surface area contributed by atoms with Gasteiger partial charge < -0.3 is 10.5 Å². The first-order valence-electron chi connectivity index (χ1n) is 4.90. The summed E-state index contributed by atoms with van der Waals surface area (Å²) in [5.74, 6) is 0.204. The lowest BCUT2D eigenvalue weighted by Crippen LogP contribution is -2.44. The fraction of sp³-hybridized carbons (Fsp3) is 0.455. The van der Waals surface area contributed by atoms with Crippen LogP contribution in [0.1, 0.15) is 24.8 Å². The second-order valence-corrected chi connectivity index (χ2v) is 4.75. The zero-order valence-electron chi connectivity index (χ0n) is 8.52. The number of halogens is 2. The van der Waals surface area contributed by atoms with E-state index in [2.05, 4.69) is 15.9 Å². The van der Waals surface area contributed by atoms with E-state index in [1.807, 2.05) is 0 Å². The van der Waals surface area contributed by atoms with Crippen LogP contribution < -0.4 is 10.5 Å². The fourth-order valence-corrected chi connectivity index (χ4v) is 2.41. The molecule has 0 spiro atoms. The predicted octanol–water partition coefficient (Wildman–Crippen LogP) is 2.93. The van der Waals surface area contributed by atoms with Crippen molar-refractivity contribution >= 4 is 15.9 Å². The molecule has 1 aliphatic carbocycles. The van der Waals surface area contributed by atoms with Crippen LogP contribution in [0, 0.1) is 5.82 Å². The maximum Gasteiger partial charge on any atom is 0.146 e. The Bertz CT molecular complexity index is 390. The molecular weight excluding hydrogens is 261 g/mol. The molecule has 0 amide bonds. The molecule has 0 atom stereocenters. The van der Waals surface area contributed by atoms with Gasteiger partial charge in [-0.2, -0.15) is 0 Å². The largest absolute Gasteiger partial charge is 0.495 e. The number of rotatable bonds is 2. The van der Waals surface area contributed by atoms with Crippen LogP contribution in [0.25, 0.3) is 0 Å². The Labute approximate surface area is 96.7 Å². The summed E-state index contributed by atoms with van der Waals surface area (Å²) >= 11 is 3.18. The highest BCUT2D eigenvalue weighted by Crippen LogP contribution is 2.42. The van der Waals surface area contributed by atoms with Crippen molar-refractivity contribution in [2.45, 2.75) is 24.8 Å². The Kier molecular flexibility index (Phi) is 2.73. The molecule has 0 saturated heterocycles. The third kappa shape index (κ3) is 1.66. The van der Waals surface area contributed by atoms with E-state index in [-0.39, 0.29) is 5.82 Å². The average Bonchev–Trinajstić information content (AvgIpc) is 2.19. The molecule has 15 heavy (non-hydrogen) atoms. The van der Waals surface area contributed by atoms with Crippen molar-refractivity contribution in [2.24, 2.45) is 5.73 Å². The minimum absolute atomic E-state index is 0.295. The summed E-state index contributed by atoms with van der Waals surface area (Å²) in [6, 6.07) is 3.47. The van der Waals surface area contributed by atoms with Crippen molar-refractivity contribution in [3.63, 3.8) is 0 Å². The van der Waals surface area contributed by atoms with Crippen LogP contribution in [0.2, 0.25) is 0 Å². The molecule has 0 aromatic heterocycles. The minimum Gasteiger partial charge on any atom is -0.495 e. The molecule has 2 nitrogen and oxygen atoms in total. The Morgan fingerprint density at radius 3 is 2.60 bits per heavy atom. The third-order valence-corrected chi connectivity index (χ3v) is 3.79. The van der Waals surface area contributed by atoms with Crippen LogP contribution in [0.15, 0.2) is 16.6 Å². The summed E-state index contributed by atoms with van der Waals surface area (Å²) in [6.45, 7) is 0. The Balaban J connectivity index is 2.46. The van der Waals surface area contributed by atoms with Crippen LogP contribution in [0.5, 0.6) is 5.75 Å². The van der Waals surface area contributed by atoms with E-state index in [0.29, 0.717) is 15.8 Å². The summed E-state index contributed by atoms with van der Waals surface area (Å²) in [5.41, 5.74) is 6.20. The lowest BCUT2D eigenvalue weighted by molar-refractivity contribution is 0.244.